The SMILES string of the molecule is CCCCCCCCC=CCCCCCCCCC1CC(=O)N(c2cccc(C(=O)NC3=NN(c4c(Cl)cc(Cl)cc4Cl)C(=O)C3)c2)C1=O. The fraction of sp³-hybridized carbons (Fsp3) is 0.500. The zero-order valence-corrected chi connectivity index (χ0v) is 30.6. The summed E-state index contributed by atoms with van der Waals surface area (Å²) in [5, 5.41) is 8.47. The zero-order valence-electron chi connectivity index (χ0n) is 28.3. The second-order valence-corrected chi connectivity index (χ2v) is 14.1. The van der Waals surface area contributed by atoms with E-state index < -0.39 is 11.8 Å². The number of allylic oxidation sites excluding steroid dienone is 2. The van der Waals surface area contributed by atoms with Crippen LogP contribution in [0.5, 0.6) is 0 Å². The van der Waals surface area contributed by atoms with Crippen LogP contribution in [0.1, 0.15) is 126 Å². The average molecular weight is 730 g/mol. The number of anilines is 2. The standard InChI is InChI=1S/C38H47Cl3N4O4/c1-2-3-4-5-6-7-8-9-10-11-12-13-14-15-16-17-19-28-23-34(46)44(38(28)49)30-21-18-20-27(22-30)37(48)42-33-26-35(47)45(43-33)36-31(40)24-29(39)25-32(36)41/h9-10,18,20-22,24-25,28H,2-8,11-17,19,23,26H2,1H3,(H,42,43,48). The molecule has 4 rings (SSSR count). The van der Waals surface area contributed by atoms with Crippen LogP contribution in [0, 0.1) is 5.92 Å². The molecule has 1 saturated heterocycles. The van der Waals surface area contributed by atoms with E-state index in [9.17, 15) is 19.2 Å². The Labute approximate surface area is 305 Å². The van der Waals surface area contributed by atoms with Crippen molar-refractivity contribution in [3.8, 4) is 0 Å². The van der Waals surface area contributed by atoms with E-state index in [0.29, 0.717) is 17.1 Å². The summed E-state index contributed by atoms with van der Waals surface area (Å²) < 4.78 is 0. The smallest absolute Gasteiger partial charge is 0.256 e. The maximum absolute atomic E-state index is 13.3. The van der Waals surface area contributed by atoms with Crippen LogP contribution in [0.15, 0.2) is 53.7 Å². The Morgan fingerprint density at radius 1 is 0.837 bits per heavy atom. The van der Waals surface area contributed by atoms with Crippen molar-refractivity contribution in [3.63, 3.8) is 0 Å². The fourth-order valence-electron chi connectivity index (χ4n) is 6.23. The zero-order chi connectivity index (χ0) is 35.2. The maximum Gasteiger partial charge on any atom is 0.256 e. The highest BCUT2D eigenvalue weighted by molar-refractivity contribution is 6.42. The highest BCUT2D eigenvalue weighted by atomic mass is 35.5. The summed E-state index contributed by atoms with van der Waals surface area (Å²) in [6, 6.07) is 9.21. The number of hydrazone groups is 1. The first-order valence-electron chi connectivity index (χ1n) is 17.7. The molecular formula is C38H47Cl3N4O4. The summed E-state index contributed by atoms with van der Waals surface area (Å²) in [7, 11) is 0. The van der Waals surface area contributed by atoms with Gasteiger partial charge in [-0.25, -0.2) is 0 Å². The third kappa shape index (κ3) is 11.4. The van der Waals surface area contributed by atoms with Crippen molar-refractivity contribution in [1.29, 1.82) is 0 Å². The molecule has 1 fully saturated rings. The number of halogens is 3. The van der Waals surface area contributed by atoms with Crippen molar-refractivity contribution in [3.05, 3.63) is 69.2 Å². The molecule has 1 atom stereocenters. The third-order valence-corrected chi connectivity index (χ3v) is 9.69. The minimum absolute atomic E-state index is 0.103. The Morgan fingerprint density at radius 3 is 2.10 bits per heavy atom. The molecule has 264 valence electrons. The molecule has 2 heterocycles. The van der Waals surface area contributed by atoms with Gasteiger partial charge in [-0.1, -0.05) is 124 Å². The lowest BCUT2D eigenvalue weighted by Crippen LogP contribution is -2.32. The molecule has 2 aliphatic rings. The van der Waals surface area contributed by atoms with Crippen molar-refractivity contribution in [2.45, 2.75) is 116 Å². The van der Waals surface area contributed by atoms with Crippen LogP contribution in [0.3, 0.4) is 0 Å². The van der Waals surface area contributed by atoms with Gasteiger partial charge in [0, 0.05) is 22.9 Å². The van der Waals surface area contributed by atoms with Gasteiger partial charge in [0.25, 0.3) is 11.8 Å². The molecule has 11 heteroatoms. The van der Waals surface area contributed by atoms with Gasteiger partial charge in [0.15, 0.2) is 0 Å². The first-order valence-corrected chi connectivity index (χ1v) is 18.8. The van der Waals surface area contributed by atoms with Gasteiger partial charge in [0.1, 0.15) is 11.5 Å². The van der Waals surface area contributed by atoms with E-state index in [4.69, 9.17) is 34.8 Å². The molecular weight excluding hydrogens is 683 g/mol. The lowest BCUT2D eigenvalue weighted by Gasteiger charge is -2.16. The Balaban J connectivity index is 1.18. The van der Waals surface area contributed by atoms with Crippen LogP contribution in [-0.4, -0.2) is 29.5 Å². The first-order chi connectivity index (χ1) is 23.7. The number of imide groups is 1. The van der Waals surface area contributed by atoms with Gasteiger partial charge in [-0.2, -0.15) is 10.1 Å². The third-order valence-electron chi connectivity index (χ3n) is 8.90. The topological polar surface area (TPSA) is 99.2 Å². The normalized spacial score (nSPS) is 16.4. The van der Waals surface area contributed by atoms with Crippen molar-refractivity contribution in [2.24, 2.45) is 11.0 Å². The predicted molar refractivity (Wildman–Crippen MR) is 200 cm³/mol. The number of nitrogens with zero attached hydrogens (tertiary/aromatic N) is 3. The number of hydrogen-bond acceptors (Lipinski definition) is 5. The van der Waals surface area contributed by atoms with Crippen LogP contribution >= 0.6 is 34.8 Å². The van der Waals surface area contributed by atoms with Gasteiger partial charge in [-0.15, -0.1) is 0 Å². The van der Waals surface area contributed by atoms with E-state index in [1.165, 1.54) is 87.3 Å². The van der Waals surface area contributed by atoms with Crippen LogP contribution in [0.2, 0.25) is 15.1 Å². The summed E-state index contributed by atoms with van der Waals surface area (Å²) >= 11 is 18.5. The van der Waals surface area contributed by atoms with Crippen LogP contribution < -0.4 is 15.2 Å². The quantitative estimate of drug-likeness (QED) is 0.0884. The number of nitrogens with one attached hydrogen (secondary N) is 1. The van der Waals surface area contributed by atoms with Gasteiger partial charge in [0.2, 0.25) is 11.8 Å². The molecule has 1 unspecified atom stereocenters. The molecule has 8 nitrogen and oxygen atoms in total. The molecule has 2 aromatic carbocycles. The van der Waals surface area contributed by atoms with Gasteiger partial charge >= 0.3 is 0 Å². The molecule has 0 spiro atoms. The number of unbranched alkanes of at least 4 members (excludes halogenated alkanes) is 12. The van der Waals surface area contributed by atoms with Crippen molar-refractivity contribution >= 4 is 75.6 Å². The van der Waals surface area contributed by atoms with E-state index in [1.807, 2.05) is 0 Å². The molecule has 0 aliphatic carbocycles. The number of carbonyl (C=O) groups excluding carboxylic acids is 4. The summed E-state index contributed by atoms with van der Waals surface area (Å²) in [6.07, 6.45) is 22.4. The van der Waals surface area contributed by atoms with E-state index >= 15 is 0 Å². The lowest BCUT2D eigenvalue weighted by atomic mass is 9.98. The van der Waals surface area contributed by atoms with Gasteiger partial charge in [-0.05, 0) is 62.4 Å². The van der Waals surface area contributed by atoms with Gasteiger partial charge < -0.3 is 5.32 Å². The van der Waals surface area contributed by atoms with Crippen LogP contribution in [-0.2, 0) is 14.4 Å². The molecule has 0 saturated carbocycles. The molecule has 49 heavy (non-hydrogen) atoms. The summed E-state index contributed by atoms with van der Waals surface area (Å²) in [5.74, 6) is -1.71. The minimum Gasteiger partial charge on any atom is -0.308 e. The average Bonchev–Trinajstić information content (AvgIpc) is 3.56. The molecule has 0 aromatic heterocycles. The second-order valence-electron chi connectivity index (χ2n) is 12.8. The first kappa shape index (κ1) is 38.6. The Hall–Kier alpha value is -3.20. The van der Waals surface area contributed by atoms with E-state index in [0.717, 1.165) is 30.7 Å². The Morgan fingerprint density at radius 2 is 1.45 bits per heavy atom. The van der Waals surface area contributed by atoms with E-state index in [1.54, 1.807) is 18.2 Å². The van der Waals surface area contributed by atoms with E-state index in [2.05, 4.69) is 29.5 Å². The van der Waals surface area contributed by atoms with Crippen molar-refractivity contribution in [1.82, 2.24) is 5.32 Å². The maximum atomic E-state index is 13.3. The number of rotatable bonds is 19. The molecule has 0 radical (unpaired) electrons. The lowest BCUT2D eigenvalue weighted by molar-refractivity contribution is -0.122. The molecule has 2 aliphatic heterocycles. The molecule has 1 N–H and O–H groups in total. The minimum atomic E-state index is -0.539. The summed E-state index contributed by atoms with van der Waals surface area (Å²) in [4.78, 5) is 53.2. The summed E-state index contributed by atoms with van der Waals surface area (Å²) in [5.41, 5.74) is 0.727. The van der Waals surface area contributed by atoms with Crippen LogP contribution in [0.4, 0.5) is 11.4 Å². The Kier molecular flexibility index (Phi) is 15.6. The monoisotopic (exact) mass is 728 g/mol. The number of carbonyl (C=O) groups is 4. The highest BCUT2D eigenvalue weighted by Crippen LogP contribution is 2.38. The molecule has 2 aromatic rings. The predicted octanol–water partition coefficient (Wildman–Crippen LogP) is 10.4. The number of amidine groups is 1. The molecule has 0 bridgehead atoms. The largest absolute Gasteiger partial charge is 0.308 e. The summed E-state index contributed by atoms with van der Waals surface area (Å²) in [6.45, 7) is 2.25. The number of amides is 4. The van der Waals surface area contributed by atoms with Crippen molar-refractivity contribution in [2.75, 3.05) is 9.91 Å². The fourth-order valence-corrected chi connectivity index (χ4v) is 7.21. The number of hydrogen-bond donors (Lipinski definition) is 1. The highest BCUT2D eigenvalue weighted by Gasteiger charge is 2.39. The number of benzene rings is 2. The molecule has 4 amide bonds. The van der Waals surface area contributed by atoms with E-state index in [-0.39, 0.29) is 57.7 Å². The van der Waals surface area contributed by atoms with Gasteiger partial charge in [0.05, 0.1) is 22.2 Å². The second kappa shape index (κ2) is 19.9. The van der Waals surface area contributed by atoms with Gasteiger partial charge in [-0.3, -0.25) is 24.1 Å². The van der Waals surface area contributed by atoms with Crippen LogP contribution in [0.25, 0.3) is 0 Å². The Bertz CT molecular complexity index is 1520. The van der Waals surface area contributed by atoms with Crippen molar-refractivity contribution < 1.29 is 19.2 Å².